The third-order valence-corrected chi connectivity index (χ3v) is 7.80. The quantitative estimate of drug-likeness (QED) is 0.662. The van der Waals surface area contributed by atoms with Crippen molar-refractivity contribution in [2.75, 3.05) is 5.32 Å². The molecule has 6 nitrogen and oxygen atoms in total. The maximum absolute atomic E-state index is 13.1. The van der Waals surface area contributed by atoms with Crippen molar-refractivity contribution in [3.63, 3.8) is 0 Å². The van der Waals surface area contributed by atoms with Gasteiger partial charge in [-0.15, -0.1) is 11.3 Å². The van der Waals surface area contributed by atoms with Crippen LogP contribution in [-0.2, 0) is 22.4 Å². The zero-order valence-corrected chi connectivity index (χ0v) is 16.4. The summed E-state index contributed by atoms with van der Waals surface area (Å²) in [4.78, 5) is 38.9. The van der Waals surface area contributed by atoms with Crippen LogP contribution in [-0.4, -0.2) is 28.9 Å². The van der Waals surface area contributed by atoms with E-state index in [4.69, 9.17) is 0 Å². The molecule has 7 heteroatoms. The summed E-state index contributed by atoms with van der Waals surface area (Å²) in [5.41, 5.74) is 1.69. The lowest BCUT2D eigenvalue weighted by Crippen LogP contribution is -2.36. The van der Waals surface area contributed by atoms with Gasteiger partial charge in [-0.2, -0.15) is 0 Å². The molecule has 1 aromatic rings. The summed E-state index contributed by atoms with van der Waals surface area (Å²) in [7, 11) is 0. The summed E-state index contributed by atoms with van der Waals surface area (Å²) in [5, 5.41) is 16.3. The molecule has 1 aromatic heterocycles. The summed E-state index contributed by atoms with van der Waals surface area (Å²) in [6.07, 6.45) is 10.6. The maximum Gasteiger partial charge on any atom is 0.307 e. The Morgan fingerprint density at radius 3 is 2.46 bits per heavy atom. The third kappa shape index (κ3) is 2.96. The number of aliphatic carboxylic acids is 1. The fraction of sp³-hybridized carbons (Fsp3) is 0.571. The molecule has 2 amide bonds. The van der Waals surface area contributed by atoms with Crippen LogP contribution in [0.5, 0.6) is 0 Å². The van der Waals surface area contributed by atoms with Crippen LogP contribution in [0.25, 0.3) is 0 Å². The first kappa shape index (κ1) is 17.9. The smallest absolute Gasteiger partial charge is 0.307 e. The number of hydrogen-bond acceptors (Lipinski definition) is 4. The van der Waals surface area contributed by atoms with E-state index in [0.717, 1.165) is 50.5 Å². The van der Waals surface area contributed by atoms with Crippen molar-refractivity contribution in [2.45, 2.75) is 51.0 Å². The molecule has 4 aliphatic carbocycles. The maximum atomic E-state index is 13.1. The number of hydrogen-bond donors (Lipinski definition) is 3. The second kappa shape index (κ2) is 6.72. The standard InChI is InChI=1S/C21H24N2O4S/c24-18(15-10-5-6-11(9-10)16(15)21(26)27)23-20-17(19(25)22-12-7-8-12)13-3-1-2-4-14(13)28-20/h5-6,10-12,15-16H,1-4,7-9H2,(H,22,25)(H,23,24)(H,26,27)/t10-,11+,15-,16-/m0/s1. The van der Waals surface area contributed by atoms with Crippen molar-refractivity contribution in [3.05, 3.63) is 28.2 Å². The SMILES string of the molecule is O=C(NC1CC1)c1c(NC(=O)[C@@H]2[C@@H](C(=O)O)[C@@H]3C=C[C@H]2C3)sc2c1CCCC2. The summed E-state index contributed by atoms with van der Waals surface area (Å²) in [6.45, 7) is 0. The van der Waals surface area contributed by atoms with E-state index in [1.807, 2.05) is 12.2 Å². The molecular formula is C21H24N2O4S. The average molecular weight is 401 g/mol. The van der Waals surface area contributed by atoms with Gasteiger partial charge in [0, 0.05) is 10.9 Å². The molecule has 1 heterocycles. The first-order chi connectivity index (χ1) is 13.5. The molecule has 0 spiro atoms. The van der Waals surface area contributed by atoms with E-state index in [1.54, 1.807) is 0 Å². The van der Waals surface area contributed by atoms with E-state index >= 15 is 0 Å². The highest BCUT2D eigenvalue weighted by Crippen LogP contribution is 2.49. The van der Waals surface area contributed by atoms with Crippen LogP contribution in [0.2, 0.25) is 0 Å². The van der Waals surface area contributed by atoms with Gasteiger partial charge in [-0.1, -0.05) is 12.2 Å². The van der Waals surface area contributed by atoms with Crippen LogP contribution in [0.1, 0.15) is 52.9 Å². The van der Waals surface area contributed by atoms with E-state index in [9.17, 15) is 19.5 Å². The van der Waals surface area contributed by atoms with Crippen molar-refractivity contribution < 1.29 is 19.5 Å². The molecule has 0 radical (unpaired) electrons. The van der Waals surface area contributed by atoms with Crippen LogP contribution >= 0.6 is 11.3 Å². The molecule has 0 unspecified atom stereocenters. The highest BCUT2D eigenvalue weighted by molar-refractivity contribution is 7.17. The van der Waals surface area contributed by atoms with Crippen molar-refractivity contribution in [2.24, 2.45) is 23.7 Å². The molecule has 2 bridgehead atoms. The predicted molar refractivity (Wildman–Crippen MR) is 105 cm³/mol. The summed E-state index contributed by atoms with van der Waals surface area (Å²) >= 11 is 1.50. The van der Waals surface area contributed by atoms with E-state index in [-0.39, 0.29) is 29.7 Å². The van der Waals surface area contributed by atoms with E-state index < -0.39 is 17.8 Å². The Labute approximate surface area is 167 Å². The Balaban J connectivity index is 1.43. The monoisotopic (exact) mass is 400 g/mol. The number of anilines is 1. The van der Waals surface area contributed by atoms with Gasteiger partial charge in [-0.3, -0.25) is 14.4 Å². The zero-order valence-electron chi connectivity index (χ0n) is 15.6. The number of carboxylic acid groups (broad SMARTS) is 1. The van der Waals surface area contributed by atoms with Crippen LogP contribution in [0.4, 0.5) is 5.00 Å². The van der Waals surface area contributed by atoms with Crippen molar-refractivity contribution in [1.29, 1.82) is 0 Å². The molecule has 148 valence electrons. The van der Waals surface area contributed by atoms with Gasteiger partial charge in [0.1, 0.15) is 5.00 Å². The highest BCUT2D eigenvalue weighted by atomic mass is 32.1. The Morgan fingerprint density at radius 2 is 1.75 bits per heavy atom. The van der Waals surface area contributed by atoms with Gasteiger partial charge >= 0.3 is 5.97 Å². The molecule has 4 atom stereocenters. The molecule has 0 aliphatic heterocycles. The molecule has 0 saturated heterocycles. The van der Waals surface area contributed by atoms with Crippen LogP contribution < -0.4 is 10.6 Å². The summed E-state index contributed by atoms with van der Waals surface area (Å²) < 4.78 is 0. The number of rotatable bonds is 5. The second-order valence-electron chi connectivity index (χ2n) is 8.49. The fourth-order valence-electron chi connectivity index (χ4n) is 5.09. The summed E-state index contributed by atoms with van der Waals surface area (Å²) in [5.74, 6) is -2.59. The molecule has 5 rings (SSSR count). The minimum Gasteiger partial charge on any atom is -0.481 e. The number of nitrogens with one attached hydrogen (secondary N) is 2. The van der Waals surface area contributed by atoms with E-state index in [2.05, 4.69) is 10.6 Å². The van der Waals surface area contributed by atoms with Crippen LogP contribution in [0.3, 0.4) is 0 Å². The number of carbonyl (C=O) groups is 3. The minimum atomic E-state index is -0.908. The Bertz CT molecular complexity index is 885. The third-order valence-electron chi connectivity index (χ3n) is 6.59. The molecule has 4 aliphatic rings. The van der Waals surface area contributed by atoms with Crippen molar-refractivity contribution >= 4 is 34.1 Å². The van der Waals surface area contributed by atoms with Gasteiger partial charge in [-0.05, 0) is 62.3 Å². The number of aryl methyl sites for hydroxylation is 1. The molecule has 28 heavy (non-hydrogen) atoms. The molecule has 3 N–H and O–H groups in total. The van der Waals surface area contributed by atoms with Gasteiger partial charge in [0.2, 0.25) is 5.91 Å². The first-order valence-electron chi connectivity index (χ1n) is 10.2. The van der Waals surface area contributed by atoms with Gasteiger partial charge in [0.05, 0.1) is 17.4 Å². The Morgan fingerprint density at radius 1 is 1.04 bits per heavy atom. The zero-order chi connectivity index (χ0) is 19.4. The van der Waals surface area contributed by atoms with Gasteiger partial charge in [0.15, 0.2) is 0 Å². The van der Waals surface area contributed by atoms with E-state index in [0.29, 0.717) is 10.6 Å². The summed E-state index contributed by atoms with van der Waals surface area (Å²) in [6, 6.07) is 0.252. The van der Waals surface area contributed by atoms with Crippen molar-refractivity contribution in [1.82, 2.24) is 5.32 Å². The second-order valence-corrected chi connectivity index (χ2v) is 9.60. The minimum absolute atomic E-state index is 0.0237. The fourth-order valence-corrected chi connectivity index (χ4v) is 6.38. The van der Waals surface area contributed by atoms with Gasteiger partial charge in [0.25, 0.3) is 5.91 Å². The van der Waals surface area contributed by atoms with Gasteiger partial charge in [-0.25, -0.2) is 0 Å². The Hall–Kier alpha value is -2.15. The largest absolute Gasteiger partial charge is 0.481 e. The number of carbonyl (C=O) groups excluding carboxylic acids is 2. The van der Waals surface area contributed by atoms with E-state index in [1.165, 1.54) is 16.2 Å². The first-order valence-corrected chi connectivity index (χ1v) is 11.0. The lowest BCUT2D eigenvalue weighted by molar-refractivity contribution is -0.146. The molecular weight excluding hydrogens is 376 g/mol. The molecule has 2 saturated carbocycles. The number of thiophene rings is 1. The normalized spacial score (nSPS) is 30.1. The number of amides is 2. The Kier molecular flexibility index (Phi) is 4.30. The van der Waals surface area contributed by atoms with Gasteiger partial charge < -0.3 is 15.7 Å². The lowest BCUT2D eigenvalue weighted by atomic mass is 9.82. The highest BCUT2D eigenvalue weighted by Gasteiger charge is 2.51. The van der Waals surface area contributed by atoms with Crippen LogP contribution in [0, 0.1) is 23.7 Å². The lowest BCUT2D eigenvalue weighted by Gasteiger charge is -2.23. The predicted octanol–water partition coefficient (Wildman–Crippen LogP) is 2.98. The number of carboxylic acids is 1. The number of allylic oxidation sites excluding steroid dienone is 2. The van der Waals surface area contributed by atoms with Crippen molar-refractivity contribution in [3.8, 4) is 0 Å². The number of fused-ring (bicyclic) bond motifs is 3. The van der Waals surface area contributed by atoms with Crippen LogP contribution in [0.15, 0.2) is 12.2 Å². The topological polar surface area (TPSA) is 95.5 Å². The molecule has 2 fully saturated rings. The average Bonchev–Trinajstić information content (AvgIpc) is 3.10. The molecule has 0 aromatic carbocycles.